The molecule has 2 aliphatic rings. The van der Waals surface area contributed by atoms with E-state index in [0.717, 1.165) is 12.8 Å². The van der Waals surface area contributed by atoms with Crippen LogP contribution in [0.3, 0.4) is 0 Å². The summed E-state index contributed by atoms with van der Waals surface area (Å²) >= 11 is 0. The number of pyridine rings is 2. The Balaban J connectivity index is 0.000000116. The topological polar surface area (TPSA) is 70.5 Å². The minimum Gasteiger partial charge on any atom is -0.364 e. The highest BCUT2D eigenvalue weighted by molar-refractivity contribution is 5.87. The summed E-state index contributed by atoms with van der Waals surface area (Å²) in [4.78, 5) is 9.95. The smallest absolute Gasteiger partial charge is 0.122 e. The number of hydrogen-bond acceptors (Lipinski definition) is 0. The van der Waals surface area contributed by atoms with Crippen molar-refractivity contribution >= 4 is 49.7 Å². The summed E-state index contributed by atoms with van der Waals surface area (Å²) in [6.07, 6.45) is 10.7. The third-order valence-electron chi connectivity index (χ3n) is 13.8. The molecule has 8 nitrogen and oxygen atoms in total. The first kappa shape index (κ1) is 48.4. The molecule has 356 valence electrons. The fourth-order valence-corrected chi connectivity index (χ4v) is 10.3. The standard InChI is InChI=1S/C13H13N.C12H12N2.C12H11N.2C11H10N2.3CH4/c1-9-7-11-8-10-5-3-4-6-12(10)13(11)14(9)2;1-9-8-14-11-6-4-3-5-10(11)7-12(14)13(9)2;1-8-11-6-9-4-2-3-5-10(9)12(11)7-13-8;1-8-6-9-7-10-4-2-3-5-13(10)11(9)12-8;1-8-6-11-10(12-8)7-9-4-2-3-5-13(9)11;;;/h3-7H,8H2,1-2H3;3-8H,1-2H3;2-5,7,13H,6H2,1H3;2*2-7,12H,1H3;3*1H4. The molecule has 0 aliphatic heterocycles. The molecule has 0 unspecified atom stereocenters. The minimum absolute atomic E-state index is 0. The maximum atomic E-state index is 3.34. The van der Waals surface area contributed by atoms with Crippen molar-refractivity contribution in [3.63, 3.8) is 0 Å². The number of rotatable bonds is 0. The van der Waals surface area contributed by atoms with Gasteiger partial charge in [-0.25, -0.2) is 0 Å². The first-order valence-corrected chi connectivity index (χ1v) is 23.2. The van der Waals surface area contributed by atoms with E-state index in [1.165, 1.54) is 123 Å². The Hall–Kier alpha value is -8.10. The van der Waals surface area contributed by atoms with E-state index >= 15 is 0 Å². The summed E-state index contributed by atoms with van der Waals surface area (Å²) in [5.74, 6) is 0. The Bertz CT molecular complexity index is 3810. The molecule has 0 atom stereocenters. The molecule has 8 heteroatoms. The van der Waals surface area contributed by atoms with Crippen molar-refractivity contribution in [2.24, 2.45) is 14.1 Å². The molecule has 0 spiro atoms. The average molecular weight is 925 g/mol. The lowest BCUT2D eigenvalue weighted by Crippen LogP contribution is -1.93. The van der Waals surface area contributed by atoms with Gasteiger partial charge in [-0.05, 0) is 129 Å². The Kier molecular flexibility index (Phi) is 13.5. The van der Waals surface area contributed by atoms with Crippen molar-refractivity contribution in [3.8, 4) is 22.4 Å². The number of aromatic nitrogens is 8. The molecule has 2 aliphatic carbocycles. The number of nitrogens with zero attached hydrogens (tertiary/aromatic N) is 5. The van der Waals surface area contributed by atoms with Gasteiger partial charge in [0, 0.05) is 113 Å². The molecule has 0 radical (unpaired) electrons. The van der Waals surface area contributed by atoms with Crippen LogP contribution in [0.15, 0.2) is 170 Å². The fourth-order valence-electron chi connectivity index (χ4n) is 10.3. The lowest BCUT2D eigenvalue weighted by Gasteiger charge is -2.04. The van der Waals surface area contributed by atoms with Crippen LogP contribution in [0.1, 0.15) is 73.0 Å². The molecule has 0 bridgehead atoms. The molecule has 13 aromatic rings. The average Bonchev–Trinajstić information content (AvgIpc) is 4.23. The molecule has 70 heavy (non-hydrogen) atoms. The predicted molar refractivity (Wildman–Crippen MR) is 299 cm³/mol. The molecule has 15 rings (SSSR count). The number of benzene rings is 3. The molecule has 0 fully saturated rings. The maximum Gasteiger partial charge on any atom is 0.122 e. The van der Waals surface area contributed by atoms with Crippen molar-refractivity contribution in [3.05, 3.63) is 221 Å². The molecule has 0 saturated heterocycles. The largest absolute Gasteiger partial charge is 0.364 e. The quantitative estimate of drug-likeness (QED) is 0.136. The summed E-state index contributed by atoms with van der Waals surface area (Å²) in [5, 5.41) is 2.59. The lowest BCUT2D eigenvalue weighted by molar-refractivity contribution is 0.891. The van der Waals surface area contributed by atoms with Crippen LogP contribution in [0.2, 0.25) is 0 Å². The molecule has 3 aromatic carbocycles. The van der Waals surface area contributed by atoms with E-state index in [-0.39, 0.29) is 22.3 Å². The van der Waals surface area contributed by atoms with Crippen molar-refractivity contribution in [2.45, 2.75) is 69.7 Å². The van der Waals surface area contributed by atoms with Crippen LogP contribution in [-0.4, -0.2) is 37.3 Å². The first-order chi connectivity index (χ1) is 32.6. The number of fused-ring (bicyclic) bond motifs is 15. The van der Waals surface area contributed by atoms with Crippen LogP contribution < -0.4 is 0 Å². The van der Waals surface area contributed by atoms with Gasteiger partial charge < -0.3 is 37.3 Å². The Morgan fingerprint density at radius 1 is 0.471 bits per heavy atom. The summed E-state index contributed by atoms with van der Waals surface area (Å²) in [7, 11) is 4.25. The van der Waals surface area contributed by atoms with Gasteiger partial charge in [0.15, 0.2) is 0 Å². The van der Waals surface area contributed by atoms with Gasteiger partial charge in [0.1, 0.15) is 11.3 Å². The zero-order chi connectivity index (χ0) is 45.9. The van der Waals surface area contributed by atoms with E-state index < -0.39 is 0 Å². The number of para-hydroxylation sites is 1. The van der Waals surface area contributed by atoms with Gasteiger partial charge in [0.05, 0.1) is 22.2 Å². The molecule has 3 N–H and O–H groups in total. The van der Waals surface area contributed by atoms with E-state index in [1.807, 2.05) is 6.07 Å². The van der Waals surface area contributed by atoms with Gasteiger partial charge in [-0.1, -0.05) is 101 Å². The van der Waals surface area contributed by atoms with Crippen LogP contribution in [0.4, 0.5) is 0 Å². The molecule has 10 aromatic heterocycles. The van der Waals surface area contributed by atoms with E-state index in [2.05, 4.69) is 250 Å². The summed E-state index contributed by atoms with van der Waals surface area (Å²) < 4.78 is 11.1. The molecule has 0 amide bonds. The summed E-state index contributed by atoms with van der Waals surface area (Å²) in [5.41, 5.74) is 26.6. The van der Waals surface area contributed by atoms with Crippen molar-refractivity contribution in [1.82, 2.24) is 37.3 Å². The number of aryl methyl sites for hydroxylation is 6. The molecular formula is C62H68N8. The zero-order valence-electron chi connectivity index (χ0n) is 39.3. The Labute approximate surface area is 412 Å². The highest BCUT2D eigenvalue weighted by Crippen LogP contribution is 2.39. The predicted octanol–water partition coefficient (Wildman–Crippen LogP) is 15.9. The monoisotopic (exact) mass is 925 g/mol. The molecule has 10 heterocycles. The van der Waals surface area contributed by atoms with Crippen LogP contribution in [-0.2, 0) is 26.9 Å². The normalized spacial score (nSPS) is 11.5. The van der Waals surface area contributed by atoms with Gasteiger partial charge in [-0.2, -0.15) is 0 Å². The van der Waals surface area contributed by atoms with Crippen molar-refractivity contribution < 1.29 is 0 Å². The number of hydrogen-bond donors (Lipinski definition) is 3. The first-order valence-electron chi connectivity index (χ1n) is 23.2. The molecule has 0 saturated carbocycles. The van der Waals surface area contributed by atoms with Crippen molar-refractivity contribution in [2.75, 3.05) is 0 Å². The minimum atomic E-state index is 0. The third-order valence-corrected chi connectivity index (χ3v) is 13.8. The lowest BCUT2D eigenvalue weighted by atomic mass is 10.1. The van der Waals surface area contributed by atoms with Gasteiger partial charge in [-0.3, -0.25) is 0 Å². The second kappa shape index (κ2) is 19.5. The Morgan fingerprint density at radius 3 is 1.89 bits per heavy atom. The number of imidazole rings is 1. The van der Waals surface area contributed by atoms with Crippen LogP contribution in [0, 0.1) is 34.6 Å². The van der Waals surface area contributed by atoms with E-state index in [1.54, 1.807) is 0 Å². The third kappa shape index (κ3) is 8.55. The van der Waals surface area contributed by atoms with Gasteiger partial charge in [0.2, 0.25) is 0 Å². The van der Waals surface area contributed by atoms with Crippen LogP contribution >= 0.6 is 0 Å². The Morgan fingerprint density at radius 2 is 1.11 bits per heavy atom. The van der Waals surface area contributed by atoms with E-state index in [4.69, 9.17) is 0 Å². The fraction of sp³-hybridized carbons (Fsp3) is 0.194. The SMILES string of the molecule is C.C.C.Cc1[nH]cc2c1Cc1ccccc1-2.Cc1cc2c(cc3ccccn32)[nH]1.Cc1cc2c(n1C)-c1ccccc1C2.Cc1cc2cc3ccccn3c2[nH]1.Cc1cn2c3ccccc3cc2n1C. The van der Waals surface area contributed by atoms with Crippen molar-refractivity contribution in [1.29, 1.82) is 0 Å². The summed E-state index contributed by atoms with van der Waals surface area (Å²) in [6, 6.07) is 51.5. The zero-order valence-corrected chi connectivity index (χ0v) is 39.3. The second-order valence-corrected chi connectivity index (χ2v) is 18.2. The highest BCUT2D eigenvalue weighted by Gasteiger charge is 2.22. The van der Waals surface area contributed by atoms with Crippen LogP contribution in [0.25, 0.3) is 72.0 Å². The highest BCUT2D eigenvalue weighted by atomic mass is 15.1. The van der Waals surface area contributed by atoms with E-state index in [9.17, 15) is 0 Å². The number of H-pyrrole nitrogens is 3. The second-order valence-electron chi connectivity index (χ2n) is 18.2. The van der Waals surface area contributed by atoms with Gasteiger partial charge >= 0.3 is 0 Å². The van der Waals surface area contributed by atoms with Gasteiger partial charge in [-0.15, -0.1) is 0 Å². The maximum absolute atomic E-state index is 3.34. The summed E-state index contributed by atoms with van der Waals surface area (Å²) in [6.45, 7) is 10.6. The number of nitrogens with one attached hydrogen (secondary N) is 3. The molecular weight excluding hydrogens is 857 g/mol. The van der Waals surface area contributed by atoms with Gasteiger partial charge in [0.25, 0.3) is 0 Å². The van der Waals surface area contributed by atoms with E-state index in [0.29, 0.717) is 0 Å². The van der Waals surface area contributed by atoms with Crippen LogP contribution in [0.5, 0.6) is 0 Å². The number of aromatic amines is 3.